The van der Waals surface area contributed by atoms with Crippen molar-refractivity contribution in [1.29, 1.82) is 0 Å². The van der Waals surface area contributed by atoms with Crippen LogP contribution in [0.2, 0.25) is 0 Å². The first kappa shape index (κ1) is 14.3. The summed E-state index contributed by atoms with van der Waals surface area (Å²) in [5.41, 5.74) is 1.21. The first-order valence-electron chi connectivity index (χ1n) is 6.96. The summed E-state index contributed by atoms with van der Waals surface area (Å²) in [7, 11) is 4.11. The third-order valence-electron chi connectivity index (χ3n) is 3.55. The number of para-hydroxylation sites is 1. The van der Waals surface area contributed by atoms with E-state index in [4.69, 9.17) is 9.47 Å². The second-order valence-electron chi connectivity index (χ2n) is 4.86. The molecular weight excluding hydrogens is 240 g/mol. The molecule has 2 rings (SSSR count). The van der Waals surface area contributed by atoms with Crippen LogP contribution >= 0.6 is 0 Å². The maximum Gasteiger partial charge on any atom is 0.124 e. The summed E-state index contributed by atoms with van der Waals surface area (Å²) in [5, 5.41) is 3.22. The van der Waals surface area contributed by atoms with E-state index in [2.05, 4.69) is 29.4 Å². The summed E-state index contributed by atoms with van der Waals surface area (Å²) in [4.78, 5) is 2.35. The fraction of sp³-hybridized carbons (Fsp3) is 0.600. The zero-order valence-corrected chi connectivity index (χ0v) is 12.1. The number of rotatable bonds is 5. The summed E-state index contributed by atoms with van der Waals surface area (Å²) in [6.07, 6.45) is 0.158. The molecule has 1 fully saturated rings. The highest BCUT2D eigenvalue weighted by molar-refractivity contribution is 5.37. The zero-order valence-electron chi connectivity index (χ0n) is 12.1. The number of ether oxygens (including phenoxy) is 2. The SMILES string of the molecule is CCOc1ccccc1C1C(CNC)OCCN1C. The molecule has 0 saturated carbocycles. The van der Waals surface area contributed by atoms with E-state index < -0.39 is 0 Å². The predicted molar refractivity (Wildman–Crippen MR) is 76.6 cm³/mol. The van der Waals surface area contributed by atoms with Gasteiger partial charge in [0.2, 0.25) is 0 Å². The van der Waals surface area contributed by atoms with Crippen LogP contribution in [0.1, 0.15) is 18.5 Å². The Kier molecular flexibility index (Phi) is 5.19. The molecule has 106 valence electrons. The van der Waals surface area contributed by atoms with Gasteiger partial charge in [-0.25, -0.2) is 0 Å². The maximum atomic E-state index is 5.93. The van der Waals surface area contributed by atoms with Crippen LogP contribution < -0.4 is 10.1 Å². The monoisotopic (exact) mass is 264 g/mol. The van der Waals surface area contributed by atoms with E-state index >= 15 is 0 Å². The molecule has 0 aliphatic carbocycles. The molecule has 1 heterocycles. The Labute approximate surface area is 115 Å². The first-order valence-corrected chi connectivity index (χ1v) is 6.96. The first-order chi connectivity index (χ1) is 9.27. The van der Waals surface area contributed by atoms with Crippen molar-refractivity contribution in [1.82, 2.24) is 10.2 Å². The van der Waals surface area contributed by atoms with Gasteiger partial charge in [0.1, 0.15) is 5.75 Å². The van der Waals surface area contributed by atoms with Crippen LogP contribution in [0.5, 0.6) is 5.75 Å². The molecule has 0 amide bonds. The molecule has 4 nitrogen and oxygen atoms in total. The number of morpholine rings is 1. The Bertz CT molecular complexity index is 395. The quantitative estimate of drug-likeness (QED) is 0.877. The minimum absolute atomic E-state index is 0.158. The molecular formula is C15H24N2O2. The van der Waals surface area contributed by atoms with Gasteiger partial charge in [-0.15, -0.1) is 0 Å². The molecule has 1 saturated heterocycles. The summed E-state index contributed by atoms with van der Waals surface area (Å²) in [6.45, 7) is 5.28. The van der Waals surface area contributed by atoms with Gasteiger partial charge in [-0.1, -0.05) is 18.2 Å². The smallest absolute Gasteiger partial charge is 0.124 e. The lowest BCUT2D eigenvalue weighted by molar-refractivity contribution is -0.0613. The van der Waals surface area contributed by atoms with Gasteiger partial charge in [-0.2, -0.15) is 0 Å². The third kappa shape index (κ3) is 3.26. The summed E-state index contributed by atoms with van der Waals surface area (Å²) in [5.74, 6) is 0.966. The van der Waals surface area contributed by atoms with Crippen molar-refractivity contribution in [3.8, 4) is 5.75 Å². The standard InChI is InChI=1S/C15H24N2O2/c1-4-18-13-8-6-5-7-12(13)15-14(11-16-2)19-10-9-17(15)3/h5-8,14-16H,4,9-11H2,1-3H3. The van der Waals surface area contributed by atoms with Crippen LogP contribution in [0.4, 0.5) is 0 Å². The maximum absolute atomic E-state index is 5.93. The summed E-state index contributed by atoms with van der Waals surface area (Å²) >= 11 is 0. The molecule has 19 heavy (non-hydrogen) atoms. The van der Waals surface area contributed by atoms with Crippen LogP contribution in [0.3, 0.4) is 0 Å². The van der Waals surface area contributed by atoms with E-state index in [9.17, 15) is 0 Å². The zero-order chi connectivity index (χ0) is 13.7. The van der Waals surface area contributed by atoms with E-state index in [0.29, 0.717) is 6.61 Å². The number of nitrogens with zero attached hydrogens (tertiary/aromatic N) is 1. The van der Waals surface area contributed by atoms with Crippen LogP contribution in [0, 0.1) is 0 Å². The highest BCUT2D eigenvalue weighted by atomic mass is 16.5. The topological polar surface area (TPSA) is 33.7 Å². The molecule has 1 N–H and O–H groups in total. The van der Waals surface area contributed by atoms with Gasteiger partial charge in [0.05, 0.1) is 25.4 Å². The minimum atomic E-state index is 0.158. The molecule has 1 aromatic rings. The minimum Gasteiger partial charge on any atom is -0.494 e. The van der Waals surface area contributed by atoms with Crippen molar-refractivity contribution in [3.63, 3.8) is 0 Å². The van der Waals surface area contributed by atoms with E-state index in [0.717, 1.165) is 25.4 Å². The second kappa shape index (κ2) is 6.89. The van der Waals surface area contributed by atoms with Gasteiger partial charge in [0, 0.05) is 18.7 Å². The second-order valence-corrected chi connectivity index (χ2v) is 4.86. The third-order valence-corrected chi connectivity index (χ3v) is 3.55. The lowest BCUT2D eigenvalue weighted by atomic mass is 9.97. The van der Waals surface area contributed by atoms with Gasteiger partial charge < -0.3 is 14.8 Å². The normalized spacial score (nSPS) is 24.4. The van der Waals surface area contributed by atoms with E-state index in [1.165, 1.54) is 5.56 Å². The average Bonchev–Trinajstić information content (AvgIpc) is 2.41. The van der Waals surface area contributed by atoms with E-state index in [-0.39, 0.29) is 12.1 Å². The lowest BCUT2D eigenvalue weighted by Crippen LogP contribution is -2.47. The number of benzene rings is 1. The van der Waals surface area contributed by atoms with Crippen molar-refractivity contribution < 1.29 is 9.47 Å². The van der Waals surface area contributed by atoms with Crippen LogP contribution in [-0.2, 0) is 4.74 Å². The molecule has 1 aliphatic rings. The van der Waals surface area contributed by atoms with Crippen LogP contribution in [0.15, 0.2) is 24.3 Å². The number of hydrogen-bond acceptors (Lipinski definition) is 4. The van der Waals surface area contributed by atoms with Crippen LogP contribution in [0.25, 0.3) is 0 Å². The fourth-order valence-electron chi connectivity index (χ4n) is 2.68. The van der Waals surface area contributed by atoms with Crippen LogP contribution in [-0.4, -0.2) is 51.4 Å². The summed E-state index contributed by atoms with van der Waals surface area (Å²) < 4.78 is 11.7. The Hall–Kier alpha value is -1.10. The molecule has 0 bridgehead atoms. The van der Waals surface area contributed by atoms with E-state index in [1.54, 1.807) is 0 Å². The largest absolute Gasteiger partial charge is 0.494 e. The molecule has 1 aromatic carbocycles. The molecule has 0 radical (unpaired) electrons. The molecule has 2 unspecified atom stereocenters. The molecule has 2 atom stereocenters. The Balaban J connectivity index is 2.29. The molecule has 1 aliphatic heterocycles. The van der Waals surface area contributed by atoms with Crippen molar-refractivity contribution in [2.75, 3.05) is 40.4 Å². The van der Waals surface area contributed by atoms with Gasteiger partial charge in [-0.05, 0) is 27.1 Å². The van der Waals surface area contributed by atoms with E-state index in [1.807, 2.05) is 26.1 Å². The number of nitrogens with one attached hydrogen (secondary N) is 1. The Morgan fingerprint density at radius 1 is 1.42 bits per heavy atom. The number of hydrogen-bond donors (Lipinski definition) is 1. The van der Waals surface area contributed by atoms with Gasteiger partial charge in [-0.3, -0.25) is 4.90 Å². The van der Waals surface area contributed by atoms with Crippen molar-refractivity contribution in [2.45, 2.75) is 19.1 Å². The lowest BCUT2D eigenvalue weighted by Gasteiger charge is -2.40. The van der Waals surface area contributed by atoms with Gasteiger partial charge in [0.15, 0.2) is 0 Å². The average molecular weight is 264 g/mol. The Morgan fingerprint density at radius 2 is 2.21 bits per heavy atom. The fourth-order valence-corrected chi connectivity index (χ4v) is 2.68. The highest BCUT2D eigenvalue weighted by Gasteiger charge is 2.32. The van der Waals surface area contributed by atoms with Gasteiger partial charge in [0.25, 0.3) is 0 Å². The predicted octanol–water partition coefficient (Wildman–Crippen LogP) is 1.68. The van der Waals surface area contributed by atoms with Crippen molar-refractivity contribution >= 4 is 0 Å². The summed E-state index contributed by atoms with van der Waals surface area (Å²) in [6, 6.07) is 8.51. The van der Waals surface area contributed by atoms with Crippen molar-refractivity contribution in [3.05, 3.63) is 29.8 Å². The Morgan fingerprint density at radius 3 is 2.95 bits per heavy atom. The molecule has 4 heteroatoms. The highest BCUT2D eigenvalue weighted by Crippen LogP contribution is 2.34. The molecule has 0 aromatic heterocycles. The van der Waals surface area contributed by atoms with Crippen molar-refractivity contribution in [2.24, 2.45) is 0 Å². The number of likely N-dealkylation sites (N-methyl/N-ethyl adjacent to an activating group) is 2. The van der Waals surface area contributed by atoms with Gasteiger partial charge >= 0.3 is 0 Å². The molecule has 0 spiro atoms.